The van der Waals surface area contributed by atoms with Gasteiger partial charge in [0.1, 0.15) is 5.75 Å². The maximum Gasteiger partial charge on any atom is 0.253 e. The second-order valence-electron chi connectivity index (χ2n) is 5.95. The molecule has 4 nitrogen and oxygen atoms in total. The Morgan fingerprint density at radius 3 is 3.00 bits per heavy atom. The zero-order valence-electron chi connectivity index (χ0n) is 12.1. The van der Waals surface area contributed by atoms with Crippen LogP contribution in [-0.4, -0.2) is 17.6 Å². The number of phenolic OH excluding ortho intramolecular Hbond substituents is 1. The van der Waals surface area contributed by atoms with Crippen LogP contribution in [0.1, 0.15) is 49.4 Å². The molecule has 0 bridgehead atoms. The number of hydrogen-bond donors (Lipinski definition) is 3. The average molecular weight is 276 g/mol. The van der Waals surface area contributed by atoms with Gasteiger partial charge in [-0.05, 0) is 42.9 Å². The van der Waals surface area contributed by atoms with Crippen molar-refractivity contribution in [3.63, 3.8) is 0 Å². The van der Waals surface area contributed by atoms with E-state index in [1.807, 2.05) is 0 Å². The van der Waals surface area contributed by atoms with Gasteiger partial charge in [0.15, 0.2) is 0 Å². The molecule has 1 aliphatic carbocycles. The highest BCUT2D eigenvalue weighted by atomic mass is 16.3. The molecule has 1 amide bonds. The molecule has 0 radical (unpaired) electrons. The first-order valence-corrected chi connectivity index (χ1v) is 7.43. The zero-order valence-corrected chi connectivity index (χ0v) is 12.1. The molecule has 4 N–H and O–H groups in total. The van der Waals surface area contributed by atoms with Crippen LogP contribution in [0, 0.1) is 11.8 Å². The summed E-state index contributed by atoms with van der Waals surface area (Å²) in [6.07, 6.45) is 6.20. The summed E-state index contributed by atoms with van der Waals surface area (Å²) in [5, 5.41) is 12.3. The van der Waals surface area contributed by atoms with Gasteiger partial charge in [0.05, 0.1) is 5.56 Å². The van der Waals surface area contributed by atoms with Crippen LogP contribution in [0.5, 0.6) is 5.75 Å². The van der Waals surface area contributed by atoms with Gasteiger partial charge < -0.3 is 16.2 Å². The molecular weight excluding hydrogens is 252 g/mol. The van der Waals surface area contributed by atoms with E-state index in [-0.39, 0.29) is 11.7 Å². The summed E-state index contributed by atoms with van der Waals surface area (Å²) < 4.78 is 0. The van der Waals surface area contributed by atoms with Gasteiger partial charge in [-0.15, -0.1) is 0 Å². The number of carbonyl (C=O) groups is 1. The van der Waals surface area contributed by atoms with E-state index in [2.05, 4.69) is 12.2 Å². The van der Waals surface area contributed by atoms with Gasteiger partial charge >= 0.3 is 0 Å². The lowest BCUT2D eigenvalue weighted by molar-refractivity contribution is 0.0950. The number of hydrogen-bond acceptors (Lipinski definition) is 3. The Labute approximate surface area is 120 Å². The molecule has 2 rings (SSSR count). The second-order valence-corrected chi connectivity index (χ2v) is 5.95. The van der Waals surface area contributed by atoms with Crippen LogP contribution in [0.25, 0.3) is 0 Å². The van der Waals surface area contributed by atoms with Crippen molar-refractivity contribution in [2.24, 2.45) is 11.8 Å². The third kappa shape index (κ3) is 3.89. The lowest BCUT2D eigenvalue weighted by atomic mass is 9.81. The topological polar surface area (TPSA) is 75.3 Å². The van der Waals surface area contributed by atoms with Crippen molar-refractivity contribution in [3.05, 3.63) is 23.8 Å². The number of aromatic hydroxyl groups is 1. The Hall–Kier alpha value is -1.71. The largest absolute Gasteiger partial charge is 0.508 e. The molecule has 0 spiro atoms. The molecule has 4 heteroatoms. The van der Waals surface area contributed by atoms with E-state index >= 15 is 0 Å². The van der Waals surface area contributed by atoms with E-state index in [0.29, 0.717) is 17.8 Å². The van der Waals surface area contributed by atoms with Crippen molar-refractivity contribution in [1.82, 2.24) is 5.32 Å². The normalized spacial score (nSPS) is 22.4. The maximum atomic E-state index is 12.0. The molecule has 110 valence electrons. The van der Waals surface area contributed by atoms with Crippen LogP contribution in [-0.2, 0) is 0 Å². The standard InChI is InChI=1S/C16H24N2O2/c1-11-3-2-4-12(9-11)7-8-18-16(20)14-10-13(19)5-6-15(14)17/h5-6,10-12,19H,2-4,7-9,17H2,1H3,(H,18,20). The first-order chi connectivity index (χ1) is 9.56. The quantitative estimate of drug-likeness (QED) is 0.584. The SMILES string of the molecule is CC1CCCC(CCNC(=O)c2cc(O)ccc2N)C1. The van der Waals surface area contributed by atoms with E-state index in [9.17, 15) is 9.90 Å². The molecule has 0 aromatic heterocycles. The van der Waals surface area contributed by atoms with Crippen LogP contribution in [0.3, 0.4) is 0 Å². The first-order valence-electron chi connectivity index (χ1n) is 7.43. The predicted molar refractivity (Wildman–Crippen MR) is 80.6 cm³/mol. The van der Waals surface area contributed by atoms with E-state index in [0.717, 1.165) is 18.3 Å². The highest BCUT2D eigenvalue weighted by Gasteiger charge is 2.19. The molecule has 1 aromatic rings. The number of nitrogen functional groups attached to an aromatic ring is 1. The fourth-order valence-electron chi connectivity index (χ4n) is 3.05. The van der Waals surface area contributed by atoms with Gasteiger partial charge in [0.25, 0.3) is 5.91 Å². The molecular formula is C16H24N2O2. The van der Waals surface area contributed by atoms with Gasteiger partial charge in [-0.3, -0.25) is 4.79 Å². The number of amides is 1. The van der Waals surface area contributed by atoms with Gasteiger partial charge in [-0.2, -0.15) is 0 Å². The summed E-state index contributed by atoms with van der Waals surface area (Å²) in [5.74, 6) is 1.39. The summed E-state index contributed by atoms with van der Waals surface area (Å²) in [6, 6.07) is 4.44. The number of rotatable bonds is 4. The Bertz CT molecular complexity index is 474. The molecule has 20 heavy (non-hydrogen) atoms. The number of nitrogens with two attached hydrogens (primary N) is 1. The fourth-order valence-corrected chi connectivity index (χ4v) is 3.05. The van der Waals surface area contributed by atoms with E-state index in [1.54, 1.807) is 6.07 Å². The highest BCUT2D eigenvalue weighted by Crippen LogP contribution is 2.30. The third-order valence-corrected chi connectivity index (χ3v) is 4.16. The highest BCUT2D eigenvalue weighted by molar-refractivity contribution is 5.99. The number of anilines is 1. The van der Waals surface area contributed by atoms with Gasteiger partial charge in [0, 0.05) is 12.2 Å². The van der Waals surface area contributed by atoms with Crippen molar-refractivity contribution >= 4 is 11.6 Å². The molecule has 2 atom stereocenters. The fraction of sp³-hybridized carbons (Fsp3) is 0.562. The lowest BCUT2D eigenvalue weighted by Crippen LogP contribution is -2.27. The minimum absolute atomic E-state index is 0.0606. The minimum Gasteiger partial charge on any atom is -0.508 e. The molecule has 0 heterocycles. The van der Waals surface area contributed by atoms with Crippen molar-refractivity contribution in [3.8, 4) is 5.75 Å². The second kappa shape index (κ2) is 6.64. The number of nitrogens with one attached hydrogen (secondary N) is 1. The maximum absolute atomic E-state index is 12.0. The average Bonchev–Trinajstić information content (AvgIpc) is 2.41. The predicted octanol–water partition coefficient (Wildman–Crippen LogP) is 2.92. The Morgan fingerprint density at radius 2 is 2.25 bits per heavy atom. The molecule has 2 unspecified atom stereocenters. The Balaban J connectivity index is 1.81. The van der Waals surface area contributed by atoms with Gasteiger partial charge in [0.2, 0.25) is 0 Å². The van der Waals surface area contributed by atoms with Crippen molar-refractivity contribution in [2.45, 2.75) is 39.0 Å². The first kappa shape index (κ1) is 14.7. The van der Waals surface area contributed by atoms with Crippen LogP contribution < -0.4 is 11.1 Å². The molecule has 1 aliphatic rings. The molecule has 1 saturated carbocycles. The Morgan fingerprint density at radius 1 is 1.45 bits per heavy atom. The van der Waals surface area contributed by atoms with Gasteiger partial charge in [-0.1, -0.05) is 26.2 Å². The summed E-state index contributed by atoms with van der Waals surface area (Å²) in [4.78, 5) is 12.0. The van der Waals surface area contributed by atoms with Gasteiger partial charge in [-0.25, -0.2) is 0 Å². The molecule has 0 saturated heterocycles. The third-order valence-electron chi connectivity index (χ3n) is 4.16. The lowest BCUT2D eigenvalue weighted by Gasteiger charge is -2.26. The summed E-state index contributed by atoms with van der Waals surface area (Å²) in [6.45, 7) is 2.98. The zero-order chi connectivity index (χ0) is 14.5. The van der Waals surface area contributed by atoms with Crippen LogP contribution in [0.15, 0.2) is 18.2 Å². The van der Waals surface area contributed by atoms with E-state index in [1.165, 1.54) is 37.8 Å². The van der Waals surface area contributed by atoms with Crippen molar-refractivity contribution in [2.75, 3.05) is 12.3 Å². The smallest absolute Gasteiger partial charge is 0.253 e. The van der Waals surface area contributed by atoms with Crippen LogP contribution in [0.4, 0.5) is 5.69 Å². The van der Waals surface area contributed by atoms with Crippen LogP contribution >= 0.6 is 0 Å². The monoisotopic (exact) mass is 276 g/mol. The van der Waals surface area contributed by atoms with Crippen molar-refractivity contribution in [1.29, 1.82) is 0 Å². The Kier molecular flexibility index (Phi) is 4.88. The number of phenols is 1. The number of benzene rings is 1. The summed E-state index contributed by atoms with van der Waals surface area (Å²) >= 11 is 0. The van der Waals surface area contributed by atoms with Crippen LogP contribution in [0.2, 0.25) is 0 Å². The molecule has 1 aromatic carbocycles. The minimum atomic E-state index is -0.206. The van der Waals surface area contributed by atoms with Crippen molar-refractivity contribution < 1.29 is 9.90 Å². The summed E-state index contributed by atoms with van der Waals surface area (Å²) in [5.41, 5.74) is 6.50. The van der Waals surface area contributed by atoms with E-state index < -0.39 is 0 Å². The van der Waals surface area contributed by atoms with E-state index in [4.69, 9.17) is 5.73 Å². The molecule has 0 aliphatic heterocycles. The molecule has 1 fully saturated rings. The summed E-state index contributed by atoms with van der Waals surface area (Å²) in [7, 11) is 0. The number of carbonyl (C=O) groups excluding carboxylic acids is 1.